The molecule has 0 bridgehead atoms. The van der Waals surface area contributed by atoms with Crippen LogP contribution in [0.2, 0.25) is 0 Å². The number of carboxylic acid groups (broad SMARTS) is 1. The van der Waals surface area contributed by atoms with Crippen LogP contribution in [0.15, 0.2) is 10.5 Å². The fourth-order valence-corrected chi connectivity index (χ4v) is 1.56. The Kier molecular flexibility index (Phi) is 2.77. The Morgan fingerprint density at radius 3 is 2.93 bits per heavy atom. The molecular weight excluding hydrogens is 194 g/mol. The Hall–Kier alpha value is -1.29. The topological polar surface area (TPSA) is 62.5 Å². The van der Waals surface area contributed by atoms with Crippen LogP contribution in [-0.4, -0.2) is 17.6 Å². The van der Waals surface area contributed by atoms with Crippen molar-refractivity contribution in [3.05, 3.63) is 23.2 Å². The van der Waals surface area contributed by atoms with Crippen LogP contribution in [0.3, 0.4) is 0 Å². The molecule has 0 aliphatic heterocycles. The van der Waals surface area contributed by atoms with Crippen LogP contribution >= 0.6 is 0 Å². The molecule has 0 saturated heterocycles. The fraction of sp³-hybridized carbons (Fsp3) is 0.545. The van der Waals surface area contributed by atoms with Crippen LogP contribution < -0.4 is 5.32 Å². The molecule has 0 radical (unpaired) electrons. The van der Waals surface area contributed by atoms with E-state index >= 15 is 0 Å². The summed E-state index contributed by atoms with van der Waals surface area (Å²) in [7, 11) is 0. The molecule has 0 unspecified atom stereocenters. The highest BCUT2D eigenvalue weighted by Gasteiger charge is 2.20. The molecule has 0 amide bonds. The Labute approximate surface area is 88.3 Å². The molecule has 1 fully saturated rings. The zero-order valence-corrected chi connectivity index (χ0v) is 8.75. The van der Waals surface area contributed by atoms with E-state index in [1.54, 1.807) is 13.0 Å². The summed E-state index contributed by atoms with van der Waals surface area (Å²) in [6.45, 7) is 3.29. The van der Waals surface area contributed by atoms with Crippen molar-refractivity contribution in [2.45, 2.75) is 26.3 Å². The Bertz CT molecular complexity index is 366. The minimum Gasteiger partial charge on any atom is -0.478 e. The van der Waals surface area contributed by atoms with Gasteiger partial charge in [-0.05, 0) is 38.3 Å². The molecule has 4 heteroatoms. The average Bonchev–Trinajstić information content (AvgIpc) is 2.90. The third-order valence-corrected chi connectivity index (χ3v) is 2.63. The van der Waals surface area contributed by atoms with E-state index in [0.29, 0.717) is 18.1 Å². The van der Waals surface area contributed by atoms with Crippen LogP contribution in [0.5, 0.6) is 0 Å². The number of aromatic carboxylic acids is 1. The van der Waals surface area contributed by atoms with Crippen LogP contribution in [0.4, 0.5) is 0 Å². The molecule has 2 rings (SSSR count). The maximum Gasteiger partial charge on any atom is 0.339 e. The zero-order chi connectivity index (χ0) is 10.8. The van der Waals surface area contributed by atoms with E-state index in [1.165, 1.54) is 12.8 Å². The molecule has 1 aromatic heterocycles. The van der Waals surface area contributed by atoms with Gasteiger partial charge in [-0.1, -0.05) is 0 Å². The Morgan fingerprint density at radius 1 is 1.67 bits per heavy atom. The highest BCUT2D eigenvalue weighted by molar-refractivity contribution is 5.88. The monoisotopic (exact) mass is 209 g/mol. The minimum atomic E-state index is -0.926. The number of furan rings is 1. The van der Waals surface area contributed by atoms with Crippen molar-refractivity contribution in [1.82, 2.24) is 5.32 Å². The molecule has 1 aliphatic carbocycles. The van der Waals surface area contributed by atoms with E-state index in [1.807, 2.05) is 0 Å². The molecule has 1 aromatic rings. The first kappa shape index (κ1) is 10.2. The smallest absolute Gasteiger partial charge is 0.339 e. The van der Waals surface area contributed by atoms with Gasteiger partial charge in [0.05, 0.1) is 6.54 Å². The maximum atomic E-state index is 10.7. The van der Waals surface area contributed by atoms with Gasteiger partial charge in [0.25, 0.3) is 0 Å². The van der Waals surface area contributed by atoms with E-state index in [-0.39, 0.29) is 5.56 Å². The lowest BCUT2D eigenvalue weighted by Gasteiger charge is -1.99. The van der Waals surface area contributed by atoms with Gasteiger partial charge in [0.15, 0.2) is 0 Å². The second-order valence-electron chi connectivity index (χ2n) is 4.06. The second-order valence-corrected chi connectivity index (χ2v) is 4.06. The summed E-state index contributed by atoms with van der Waals surface area (Å²) in [5, 5.41) is 12.1. The number of nitrogens with one attached hydrogen (secondary N) is 1. The first-order chi connectivity index (χ1) is 7.16. The zero-order valence-electron chi connectivity index (χ0n) is 8.75. The van der Waals surface area contributed by atoms with Gasteiger partial charge in [-0.3, -0.25) is 0 Å². The van der Waals surface area contributed by atoms with Crippen molar-refractivity contribution in [2.75, 3.05) is 6.54 Å². The summed E-state index contributed by atoms with van der Waals surface area (Å²) in [6, 6.07) is 1.59. The van der Waals surface area contributed by atoms with Gasteiger partial charge in [-0.25, -0.2) is 4.79 Å². The van der Waals surface area contributed by atoms with Crippen molar-refractivity contribution in [2.24, 2.45) is 5.92 Å². The van der Waals surface area contributed by atoms with E-state index in [2.05, 4.69) is 5.32 Å². The predicted octanol–water partition coefficient (Wildman–Crippen LogP) is 1.79. The number of aryl methyl sites for hydroxylation is 1. The van der Waals surface area contributed by atoms with Crippen LogP contribution in [0.1, 0.15) is 34.7 Å². The summed E-state index contributed by atoms with van der Waals surface area (Å²) in [6.07, 6.45) is 2.62. The van der Waals surface area contributed by atoms with E-state index < -0.39 is 5.97 Å². The second kappa shape index (κ2) is 4.06. The molecule has 2 N–H and O–H groups in total. The number of hydrogen-bond acceptors (Lipinski definition) is 3. The first-order valence-electron chi connectivity index (χ1n) is 5.20. The van der Waals surface area contributed by atoms with Gasteiger partial charge >= 0.3 is 5.97 Å². The summed E-state index contributed by atoms with van der Waals surface area (Å²) in [4.78, 5) is 10.7. The summed E-state index contributed by atoms with van der Waals surface area (Å²) >= 11 is 0. The lowest BCUT2D eigenvalue weighted by atomic mass is 10.2. The lowest BCUT2D eigenvalue weighted by molar-refractivity contribution is 0.0695. The normalized spacial score (nSPS) is 15.5. The highest BCUT2D eigenvalue weighted by Crippen LogP contribution is 2.27. The van der Waals surface area contributed by atoms with E-state index in [0.717, 1.165) is 12.5 Å². The van der Waals surface area contributed by atoms with E-state index in [9.17, 15) is 4.79 Å². The van der Waals surface area contributed by atoms with Gasteiger partial charge in [0, 0.05) is 0 Å². The van der Waals surface area contributed by atoms with Crippen molar-refractivity contribution in [3.63, 3.8) is 0 Å². The first-order valence-corrected chi connectivity index (χ1v) is 5.20. The quantitative estimate of drug-likeness (QED) is 0.776. The predicted molar refractivity (Wildman–Crippen MR) is 54.8 cm³/mol. The largest absolute Gasteiger partial charge is 0.478 e. The Balaban J connectivity index is 1.89. The molecular formula is C11H15NO3. The third-order valence-electron chi connectivity index (χ3n) is 2.63. The molecule has 1 aliphatic rings. The van der Waals surface area contributed by atoms with Gasteiger partial charge in [0.2, 0.25) is 0 Å². The molecule has 0 atom stereocenters. The van der Waals surface area contributed by atoms with Crippen LogP contribution in [0.25, 0.3) is 0 Å². The number of carboxylic acids is 1. The highest BCUT2D eigenvalue weighted by atomic mass is 16.4. The number of rotatable bonds is 5. The van der Waals surface area contributed by atoms with Crippen molar-refractivity contribution >= 4 is 5.97 Å². The van der Waals surface area contributed by atoms with E-state index in [4.69, 9.17) is 9.52 Å². The standard InChI is InChI=1S/C11H15NO3/c1-7-10(11(13)14)4-9(15-7)6-12-5-8-2-3-8/h4,8,12H,2-3,5-6H2,1H3,(H,13,14). The summed E-state index contributed by atoms with van der Waals surface area (Å²) < 4.78 is 5.33. The van der Waals surface area contributed by atoms with Gasteiger partial charge in [-0.2, -0.15) is 0 Å². The fourth-order valence-electron chi connectivity index (χ4n) is 1.56. The minimum absolute atomic E-state index is 0.262. The summed E-state index contributed by atoms with van der Waals surface area (Å²) in [5.41, 5.74) is 0.262. The van der Waals surface area contributed by atoms with Gasteiger partial charge in [0.1, 0.15) is 17.1 Å². The molecule has 1 saturated carbocycles. The van der Waals surface area contributed by atoms with Crippen LogP contribution in [0, 0.1) is 12.8 Å². The van der Waals surface area contributed by atoms with Gasteiger partial charge in [-0.15, -0.1) is 0 Å². The van der Waals surface area contributed by atoms with Crippen molar-refractivity contribution in [1.29, 1.82) is 0 Å². The molecule has 15 heavy (non-hydrogen) atoms. The lowest BCUT2D eigenvalue weighted by Crippen LogP contribution is -2.15. The maximum absolute atomic E-state index is 10.7. The SMILES string of the molecule is Cc1oc(CNCC2CC2)cc1C(=O)O. The molecule has 1 heterocycles. The number of carbonyl (C=O) groups is 1. The molecule has 0 aromatic carbocycles. The van der Waals surface area contributed by atoms with Crippen LogP contribution in [-0.2, 0) is 6.54 Å². The molecule has 82 valence electrons. The third kappa shape index (κ3) is 2.59. The van der Waals surface area contributed by atoms with Crippen molar-refractivity contribution in [3.8, 4) is 0 Å². The average molecular weight is 209 g/mol. The molecule has 4 nitrogen and oxygen atoms in total. The van der Waals surface area contributed by atoms with Crippen molar-refractivity contribution < 1.29 is 14.3 Å². The number of hydrogen-bond donors (Lipinski definition) is 2. The Morgan fingerprint density at radius 2 is 2.40 bits per heavy atom. The molecule has 0 spiro atoms. The summed E-state index contributed by atoms with van der Waals surface area (Å²) in [5.74, 6) is 1.07. The van der Waals surface area contributed by atoms with Gasteiger partial charge < -0.3 is 14.8 Å².